The average molecular weight is 330 g/mol. The molecule has 0 aliphatic rings. The van der Waals surface area contributed by atoms with Crippen LogP contribution >= 0.6 is 0 Å². The largest absolute Gasteiger partial charge is 0.433 e. The summed E-state index contributed by atoms with van der Waals surface area (Å²) < 4.78 is 62.2. The highest BCUT2D eigenvalue weighted by Gasteiger charge is 2.51. The number of carbonyl (C=O) groups is 1. The SMILES string of the molecule is CCC(C)(OCCC(F)(F)C(C)(F)F)OC(=O)C(C)(C)CC. The molecule has 3 nitrogen and oxygen atoms in total. The molecule has 22 heavy (non-hydrogen) atoms. The van der Waals surface area contributed by atoms with Gasteiger partial charge in [0.25, 0.3) is 0 Å². The summed E-state index contributed by atoms with van der Waals surface area (Å²) in [4.78, 5) is 12.0. The number of alkyl halides is 4. The second kappa shape index (κ2) is 7.15. The van der Waals surface area contributed by atoms with Crippen LogP contribution in [0.1, 0.15) is 60.8 Å². The molecular weight excluding hydrogens is 304 g/mol. The summed E-state index contributed by atoms with van der Waals surface area (Å²) >= 11 is 0. The standard InChI is InChI=1S/C15H26F4O3/c1-7-12(3,4)11(20)22-13(5,8-2)21-10-9-15(18,19)14(6,16)17/h7-10H2,1-6H3. The molecule has 0 heterocycles. The number of carbonyl (C=O) groups excluding carboxylic acids is 1. The monoisotopic (exact) mass is 330 g/mol. The van der Waals surface area contributed by atoms with E-state index >= 15 is 0 Å². The Morgan fingerprint density at radius 1 is 0.955 bits per heavy atom. The quantitative estimate of drug-likeness (QED) is 0.346. The Balaban J connectivity index is 4.69. The zero-order chi connectivity index (χ0) is 17.8. The van der Waals surface area contributed by atoms with Crippen molar-refractivity contribution in [1.82, 2.24) is 0 Å². The van der Waals surface area contributed by atoms with Crippen molar-refractivity contribution in [1.29, 1.82) is 0 Å². The first-order chi connectivity index (χ1) is 9.71. The van der Waals surface area contributed by atoms with E-state index in [1.165, 1.54) is 6.92 Å². The zero-order valence-corrected chi connectivity index (χ0v) is 14.1. The van der Waals surface area contributed by atoms with Crippen molar-refractivity contribution < 1.29 is 31.8 Å². The van der Waals surface area contributed by atoms with Gasteiger partial charge >= 0.3 is 17.8 Å². The van der Waals surface area contributed by atoms with Gasteiger partial charge < -0.3 is 9.47 Å². The molecular formula is C15H26F4O3. The molecule has 0 N–H and O–H groups in total. The molecule has 7 heteroatoms. The lowest BCUT2D eigenvalue weighted by Crippen LogP contribution is -2.42. The van der Waals surface area contributed by atoms with Gasteiger partial charge in [0, 0.05) is 26.7 Å². The molecule has 0 aromatic heterocycles. The van der Waals surface area contributed by atoms with Gasteiger partial charge in [0.15, 0.2) is 0 Å². The second-order valence-electron chi connectivity index (χ2n) is 6.31. The topological polar surface area (TPSA) is 35.5 Å². The van der Waals surface area contributed by atoms with Gasteiger partial charge in [-0.3, -0.25) is 4.79 Å². The number of esters is 1. The highest BCUT2D eigenvalue weighted by molar-refractivity contribution is 5.76. The lowest BCUT2D eigenvalue weighted by atomic mass is 9.90. The minimum absolute atomic E-state index is 0.163. The van der Waals surface area contributed by atoms with Crippen LogP contribution in [0.15, 0.2) is 0 Å². The summed E-state index contributed by atoms with van der Waals surface area (Å²) in [7, 11) is 0. The molecule has 0 aliphatic carbocycles. The average Bonchev–Trinajstić information content (AvgIpc) is 2.36. The van der Waals surface area contributed by atoms with Gasteiger partial charge in [-0.1, -0.05) is 13.8 Å². The molecule has 0 fully saturated rings. The number of hydrogen-bond acceptors (Lipinski definition) is 3. The van der Waals surface area contributed by atoms with Crippen LogP contribution in [0.4, 0.5) is 17.6 Å². The third kappa shape index (κ3) is 5.74. The normalized spacial score (nSPS) is 16.3. The van der Waals surface area contributed by atoms with Gasteiger partial charge in [-0.25, -0.2) is 8.78 Å². The Labute approximate surface area is 129 Å². The zero-order valence-electron chi connectivity index (χ0n) is 14.1. The first-order valence-corrected chi connectivity index (χ1v) is 7.34. The number of ether oxygens (including phenoxy) is 2. The summed E-state index contributed by atoms with van der Waals surface area (Å²) in [5.74, 6) is -10.2. The third-order valence-electron chi connectivity index (χ3n) is 3.85. The second-order valence-corrected chi connectivity index (χ2v) is 6.31. The van der Waals surface area contributed by atoms with Crippen LogP contribution in [0.3, 0.4) is 0 Å². The maximum absolute atomic E-state index is 13.2. The number of halogens is 4. The molecule has 0 bridgehead atoms. The van der Waals surface area contributed by atoms with E-state index < -0.39 is 42.0 Å². The van der Waals surface area contributed by atoms with E-state index in [1.807, 2.05) is 6.92 Å². The summed E-state index contributed by atoms with van der Waals surface area (Å²) in [6.07, 6.45) is -0.404. The molecule has 1 atom stereocenters. The molecule has 0 aliphatic heterocycles. The van der Waals surface area contributed by atoms with Crippen molar-refractivity contribution in [2.45, 2.75) is 78.4 Å². The van der Waals surface area contributed by atoms with E-state index in [0.717, 1.165) is 0 Å². The van der Waals surface area contributed by atoms with E-state index in [0.29, 0.717) is 6.42 Å². The third-order valence-corrected chi connectivity index (χ3v) is 3.85. The van der Waals surface area contributed by atoms with Crippen molar-refractivity contribution in [2.24, 2.45) is 5.41 Å². The van der Waals surface area contributed by atoms with Crippen LogP contribution in [-0.4, -0.2) is 30.2 Å². The smallest absolute Gasteiger partial charge is 0.313 e. The fourth-order valence-electron chi connectivity index (χ4n) is 1.30. The molecule has 0 saturated heterocycles. The van der Waals surface area contributed by atoms with Crippen LogP contribution in [0.5, 0.6) is 0 Å². The van der Waals surface area contributed by atoms with Gasteiger partial charge in [0.2, 0.25) is 5.79 Å². The highest BCUT2D eigenvalue weighted by atomic mass is 19.3. The van der Waals surface area contributed by atoms with Crippen molar-refractivity contribution in [3.63, 3.8) is 0 Å². The van der Waals surface area contributed by atoms with Crippen LogP contribution in [0, 0.1) is 5.41 Å². The Morgan fingerprint density at radius 2 is 1.45 bits per heavy atom. The Bertz CT molecular complexity index is 377. The summed E-state index contributed by atoms with van der Waals surface area (Å²) in [5, 5.41) is 0. The fourth-order valence-corrected chi connectivity index (χ4v) is 1.30. The molecule has 1 unspecified atom stereocenters. The van der Waals surface area contributed by atoms with E-state index in [2.05, 4.69) is 0 Å². The van der Waals surface area contributed by atoms with Crippen LogP contribution in [0.25, 0.3) is 0 Å². The van der Waals surface area contributed by atoms with Crippen LogP contribution in [-0.2, 0) is 14.3 Å². The minimum atomic E-state index is -4.17. The Hall–Kier alpha value is -0.850. The summed E-state index contributed by atoms with van der Waals surface area (Å²) in [5.41, 5.74) is -0.736. The maximum Gasteiger partial charge on any atom is 0.313 e. The van der Waals surface area contributed by atoms with E-state index in [4.69, 9.17) is 9.47 Å². The van der Waals surface area contributed by atoms with Gasteiger partial charge in [-0.05, 0) is 20.3 Å². The number of rotatable bonds is 9. The molecule has 0 radical (unpaired) electrons. The van der Waals surface area contributed by atoms with Gasteiger partial charge in [0.1, 0.15) is 0 Å². The van der Waals surface area contributed by atoms with Gasteiger partial charge in [0.05, 0.1) is 12.0 Å². The molecule has 0 rings (SSSR count). The molecule has 0 aromatic carbocycles. The first kappa shape index (κ1) is 21.1. The molecule has 0 saturated carbocycles. The molecule has 0 aromatic rings. The van der Waals surface area contributed by atoms with Gasteiger partial charge in [-0.2, -0.15) is 8.78 Å². The Morgan fingerprint density at radius 3 is 1.82 bits per heavy atom. The molecule has 0 spiro atoms. The van der Waals surface area contributed by atoms with Crippen molar-refractivity contribution in [3.8, 4) is 0 Å². The van der Waals surface area contributed by atoms with E-state index in [9.17, 15) is 22.4 Å². The summed E-state index contributed by atoms with van der Waals surface area (Å²) in [6, 6.07) is 0. The van der Waals surface area contributed by atoms with E-state index in [-0.39, 0.29) is 13.3 Å². The predicted molar refractivity (Wildman–Crippen MR) is 75.0 cm³/mol. The first-order valence-electron chi connectivity index (χ1n) is 7.34. The maximum atomic E-state index is 13.2. The lowest BCUT2D eigenvalue weighted by Gasteiger charge is -2.33. The Kier molecular flexibility index (Phi) is 6.87. The van der Waals surface area contributed by atoms with Crippen molar-refractivity contribution in [3.05, 3.63) is 0 Å². The fraction of sp³-hybridized carbons (Fsp3) is 0.933. The molecule has 132 valence electrons. The van der Waals surface area contributed by atoms with Crippen molar-refractivity contribution >= 4 is 5.97 Å². The predicted octanol–water partition coefficient (Wildman–Crippen LogP) is 4.79. The minimum Gasteiger partial charge on any atom is -0.433 e. The van der Waals surface area contributed by atoms with E-state index in [1.54, 1.807) is 20.8 Å². The lowest BCUT2D eigenvalue weighted by molar-refractivity contribution is -0.248. The number of hydrogen-bond donors (Lipinski definition) is 0. The van der Waals surface area contributed by atoms with Crippen LogP contribution in [0.2, 0.25) is 0 Å². The van der Waals surface area contributed by atoms with Crippen LogP contribution < -0.4 is 0 Å². The highest BCUT2D eigenvalue weighted by Crippen LogP contribution is 2.37. The molecule has 0 amide bonds. The van der Waals surface area contributed by atoms with Crippen molar-refractivity contribution in [2.75, 3.05) is 6.61 Å². The summed E-state index contributed by atoms with van der Waals surface area (Å²) in [6.45, 7) is 7.80. The van der Waals surface area contributed by atoms with Gasteiger partial charge in [-0.15, -0.1) is 0 Å².